The fraction of sp³-hybridized carbons (Fsp3) is 0.250. The minimum Gasteiger partial charge on any atom is -0.422 e. The first kappa shape index (κ1) is 13.1. The Balaban J connectivity index is 1.73. The normalized spacial score (nSPS) is 13.1. The molecule has 0 saturated heterocycles. The number of esters is 1. The molecule has 3 rings (SSSR count). The maximum Gasteiger partial charge on any atom is 0.353 e. The molecule has 1 aliphatic carbocycles. The molecular formula is C16H14O3S. The van der Waals surface area contributed by atoms with Gasteiger partial charge in [0.05, 0.1) is 0 Å². The third-order valence-corrected chi connectivity index (χ3v) is 4.64. The van der Waals surface area contributed by atoms with Gasteiger partial charge in [-0.3, -0.25) is 4.79 Å². The second-order valence-electron chi connectivity index (χ2n) is 4.88. The fourth-order valence-corrected chi connectivity index (χ4v) is 3.47. The predicted octanol–water partition coefficient (Wildman–Crippen LogP) is 3.66. The summed E-state index contributed by atoms with van der Waals surface area (Å²) in [6.45, 7) is 1.51. The highest BCUT2D eigenvalue weighted by Gasteiger charge is 2.19. The molecule has 0 unspecified atom stereocenters. The van der Waals surface area contributed by atoms with Crippen molar-refractivity contribution in [1.82, 2.24) is 0 Å². The first-order valence-corrected chi connectivity index (χ1v) is 7.40. The molecule has 0 bridgehead atoms. The molecule has 0 spiro atoms. The summed E-state index contributed by atoms with van der Waals surface area (Å²) in [5, 5.41) is 0. The number of carbonyl (C=O) groups excluding carboxylic acids is 2. The van der Waals surface area contributed by atoms with Crippen molar-refractivity contribution >= 4 is 23.1 Å². The van der Waals surface area contributed by atoms with Gasteiger partial charge in [0.25, 0.3) is 0 Å². The fourth-order valence-electron chi connectivity index (χ4n) is 2.34. The summed E-state index contributed by atoms with van der Waals surface area (Å²) < 4.78 is 5.33. The minimum atomic E-state index is -0.319. The van der Waals surface area contributed by atoms with Crippen LogP contribution in [0, 0.1) is 0 Å². The molecule has 0 atom stereocenters. The third-order valence-electron chi connectivity index (χ3n) is 3.42. The van der Waals surface area contributed by atoms with Crippen molar-refractivity contribution in [2.24, 2.45) is 0 Å². The summed E-state index contributed by atoms with van der Waals surface area (Å²) in [4.78, 5) is 25.2. The van der Waals surface area contributed by atoms with Gasteiger partial charge in [-0.25, -0.2) is 4.79 Å². The molecule has 4 heteroatoms. The number of carbonyl (C=O) groups is 2. The van der Waals surface area contributed by atoms with Gasteiger partial charge in [-0.15, -0.1) is 11.3 Å². The first-order valence-electron chi connectivity index (χ1n) is 6.58. The van der Waals surface area contributed by atoms with E-state index in [1.165, 1.54) is 35.1 Å². The highest BCUT2D eigenvalue weighted by atomic mass is 32.1. The lowest BCUT2D eigenvalue weighted by molar-refractivity contribution is 0.0739. The maximum absolute atomic E-state index is 12.1. The van der Waals surface area contributed by atoms with E-state index in [1.54, 1.807) is 24.3 Å². The number of ether oxygens (including phenoxy) is 1. The van der Waals surface area contributed by atoms with Gasteiger partial charge in [0, 0.05) is 10.4 Å². The van der Waals surface area contributed by atoms with Crippen LogP contribution in [-0.4, -0.2) is 11.8 Å². The quantitative estimate of drug-likeness (QED) is 0.491. The van der Waals surface area contributed by atoms with Crippen LogP contribution in [0.1, 0.15) is 43.8 Å². The smallest absolute Gasteiger partial charge is 0.353 e. The minimum absolute atomic E-state index is 0.00226. The van der Waals surface area contributed by atoms with Crippen molar-refractivity contribution in [3.63, 3.8) is 0 Å². The Kier molecular flexibility index (Phi) is 3.40. The Morgan fingerprint density at radius 2 is 1.90 bits per heavy atom. The largest absolute Gasteiger partial charge is 0.422 e. The number of fused-ring (bicyclic) bond motifs is 1. The summed E-state index contributed by atoms with van der Waals surface area (Å²) in [6, 6.07) is 8.57. The van der Waals surface area contributed by atoms with Gasteiger partial charge in [-0.05, 0) is 62.1 Å². The number of hydrogen-bond acceptors (Lipinski definition) is 4. The highest BCUT2D eigenvalue weighted by Crippen LogP contribution is 2.31. The average molecular weight is 286 g/mol. The Morgan fingerprint density at radius 1 is 1.15 bits per heavy atom. The van der Waals surface area contributed by atoms with E-state index in [9.17, 15) is 9.59 Å². The molecule has 2 aromatic rings. The molecule has 102 valence electrons. The van der Waals surface area contributed by atoms with E-state index in [2.05, 4.69) is 0 Å². The molecular weight excluding hydrogens is 272 g/mol. The summed E-state index contributed by atoms with van der Waals surface area (Å²) in [7, 11) is 0. The topological polar surface area (TPSA) is 43.4 Å². The zero-order chi connectivity index (χ0) is 14.1. The van der Waals surface area contributed by atoms with Crippen LogP contribution in [0.2, 0.25) is 0 Å². The molecule has 1 aromatic heterocycles. The Bertz CT molecular complexity index is 646. The Labute approximate surface area is 121 Å². The van der Waals surface area contributed by atoms with Crippen LogP contribution < -0.4 is 4.74 Å². The Morgan fingerprint density at radius 3 is 2.55 bits per heavy atom. The molecule has 0 amide bonds. The van der Waals surface area contributed by atoms with Crippen LogP contribution >= 0.6 is 11.3 Å². The van der Waals surface area contributed by atoms with Crippen LogP contribution in [0.15, 0.2) is 30.3 Å². The second kappa shape index (κ2) is 5.21. The maximum atomic E-state index is 12.1. The van der Waals surface area contributed by atoms with Crippen molar-refractivity contribution in [2.75, 3.05) is 0 Å². The first-order chi connectivity index (χ1) is 9.63. The standard InChI is InChI=1S/C16H14O3S/c1-10(17)11-5-7-13(8-6-11)19-16(18)15-9-12-3-2-4-14(12)20-15/h5-9H,2-4H2,1H3. The molecule has 3 nitrogen and oxygen atoms in total. The number of rotatable bonds is 3. The summed E-state index contributed by atoms with van der Waals surface area (Å²) in [6.07, 6.45) is 3.32. The third kappa shape index (κ3) is 2.51. The molecule has 0 saturated carbocycles. The van der Waals surface area contributed by atoms with Gasteiger partial charge >= 0.3 is 5.97 Å². The van der Waals surface area contributed by atoms with Crippen molar-refractivity contribution in [1.29, 1.82) is 0 Å². The number of ketones is 1. The molecule has 20 heavy (non-hydrogen) atoms. The molecule has 1 aromatic carbocycles. The molecule has 0 radical (unpaired) electrons. The predicted molar refractivity (Wildman–Crippen MR) is 77.7 cm³/mol. The van der Waals surface area contributed by atoms with Crippen LogP contribution in [0.5, 0.6) is 5.75 Å². The molecule has 1 aliphatic rings. The number of thiophene rings is 1. The monoisotopic (exact) mass is 286 g/mol. The number of Topliss-reactive ketones (excluding diaryl/α,β-unsaturated/α-hetero) is 1. The van der Waals surface area contributed by atoms with Gasteiger partial charge in [-0.2, -0.15) is 0 Å². The summed E-state index contributed by atoms with van der Waals surface area (Å²) in [5.74, 6) is 0.145. The van der Waals surface area contributed by atoms with E-state index >= 15 is 0 Å². The van der Waals surface area contributed by atoms with Crippen molar-refractivity contribution < 1.29 is 14.3 Å². The average Bonchev–Trinajstić information content (AvgIpc) is 2.99. The molecule has 0 fully saturated rings. The van der Waals surface area contributed by atoms with E-state index in [4.69, 9.17) is 4.74 Å². The SMILES string of the molecule is CC(=O)c1ccc(OC(=O)c2cc3c(s2)CCC3)cc1. The van der Waals surface area contributed by atoms with Crippen molar-refractivity contribution in [2.45, 2.75) is 26.2 Å². The van der Waals surface area contributed by atoms with Gasteiger partial charge in [0.15, 0.2) is 5.78 Å². The number of aryl methyl sites for hydroxylation is 2. The van der Waals surface area contributed by atoms with Crippen molar-refractivity contribution in [3.8, 4) is 5.75 Å². The lowest BCUT2D eigenvalue weighted by atomic mass is 10.1. The molecule has 0 N–H and O–H groups in total. The van der Waals surface area contributed by atoms with Crippen LogP contribution in [0.3, 0.4) is 0 Å². The van der Waals surface area contributed by atoms with E-state index < -0.39 is 0 Å². The molecule has 1 heterocycles. The van der Waals surface area contributed by atoms with Crippen LogP contribution in [-0.2, 0) is 12.8 Å². The van der Waals surface area contributed by atoms with Gasteiger partial charge in [0.2, 0.25) is 0 Å². The lowest BCUT2D eigenvalue weighted by Gasteiger charge is -2.03. The van der Waals surface area contributed by atoms with Gasteiger partial charge in [-0.1, -0.05) is 0 Å². The Hall–Kier alpha value is -1.94. The van der Waals surface area contributed by atoms with Gasteiger partial charge < -0.3 is 4.74 Å². The van der Waals surface area contributed by atoms with E-state index in [0.29, 0.717) is 16.2 Å². The number of benzene rings is 1. The number of hydrogen-bond donors (Lipinski definition) is 0. The van der Waals surface area contributed by atoms with Gasteiger partial charge in [0.1, 0.15) is 10.6 Å². The van der Waals surface area contributed by atoms with E-state index in [1.807, 2.05) is 6.07 Å². The summed E-state index contributed by atoms with van der Waals surface area (Å²) >= 11 is 1.53. The van der Waals surface area contributed by atoms with Crippen LogP contribution in [0.25, 0.3) is 0 Å². The van der Waals surface area contributed by atoms with E-state index in [0.717, 1.165) is 12.8 Å². The summed E-state index contributed by atoms with van der Waals surface area (Å²) in [5.41, 5.74) is 1.90. The zero-order valence-electron chi connectivity index (χ0n) is 11.1. The second-order valence-corrected chi connectivity index (χ2v) is 6.02. The molecule has 0 aliphatic heterocycles. The van der Waals surface area contributed by atoms with Crippen molar-refractivity contribution in [3.05, 3.63) is 51.2 Å². The highest BCUT2D eigenvalue weighted by molar-refractivity contribution is 7.14. The van der Waals surface area contributed by atoms with Crippen LogP contribution in [0.4, 0.5) is 0 Å². The zero-order valence-corrected chi connectivity index (χ0v) is 12.0. The van der Waals surface area contributed by atoms with E-state index in [-0.39, 0.29) is 11.8 Å². The lowest BCUT2D eigenvalue weighted by Crippen LogP contribution is -2.06.